The Labute approximate surface area is 165 Å². The van der Waals surface area contributed by atoms with Crippen LogP contribution in [-0.4, -0.2) is 24.2 Å². The molecule has 0 saturated carbocycles. The summed E-state index contributed by atoms with van der Waals surface area (Å²) >= 11 is 5.20. The molecule has 0 spiro atoms. The molecule has 2 aromatic carbocycles. The molecule has 2 rings (SSSR count). The number of anilines is 1. The minimum absolute atomic E-state index is 0.131. The molecule has 2 aromatic rings. The molecule has 0 aliphatic heterocycles. The van der Waals surface area contributed by atoms with Crippen LogP contribution in [0.15, 0.2) is 54.6 Å². The Morgan fingerprint density at radius 2 is 2.00 bits per heavy atom. The number of amides is 1. The molecule has 2 N–H and O–H groups in total. The lowest BCUT2D eigenvalue weighted by Gasteiger charge is -2.14. The third-order valence-corrected chi connectivity index (χ3v) is 4.00. The van der Waals surface area contributed by atoms with Crippen molar-refractivity contribution in [3.8, 4) is 11.5 Å². The topological polar surface area (TPSA) is 59.6 Å². The zero-order chi connectivity index (χ0) is 19.6. The molecule has 6 heteroatoms. The number of rotatable bonds is 7. The first kappa shape index (κ1) is 20.5. The van der Waals surface area contributed by atoms with E-state index in [0.717, 1.165) is 23.4 Å². The largest absolute Gasteiger partial charge is 0.496 e. The lowest BCUT2D eigenvalue weighted by Crippen LogP contribution is -2.32. The minimum Gasteiger partial charge on any atom is -0.496 e. The number of ether oxygens (including phenoxy) is 2. The van der Waals surface area contributed by atoms with Crippen LogP contribution in [0.25, 0.3) is 6.08 Å². The van der Waals surface area contributed by atoms with Gasteiger partial charge in [0.25, 0.3) is 0 Å². The molecule has 0 aliphatic carbocycles. The van der Waals surface area contributed by atoms with Gasteiger partial charge in [-0.25, -0.2) is 0 Å². The van der Waals surface area contributed by atoms with E-state index in [1.165, 1.54) is 6.08 Å². The lowest BCUT2D eigenvalue weighted by molar-refractivity contribution is -0.115. The number of hydrogen-bond acceptors (Lipinski definition) is 4. The first-order chi connectivity index (χ1) is 13.0. The van der Waals surface area contributed by atoms with E-state index >= 15 is 0 Å². The van der Waals surface area contributed by atoms with Crippen LogP contribution < -0.4 is 20.1 Å². The molecule has 0 saturated heterocycles. The van der Waals surface area contributed by atoms with Crippen molar-refractivity contribution < 1.29 is 14.3 Å². The van der Waals surface area contributed by atoms with Gasteiger partial charge in [-0.3, -0.25) is 10.1 Å². The summed E-state index contributed by atoms with van der Waals surface area (Å²) in [5, 5.41) is 5.82. The second-order valence-electron chi connectivity index (χ2n) is 5.88. The molecule has 0 fully saturated rings. The number of carbonyl (C=O) groups is 1. The lowest BCUT2D eigenvalue weighted by atomic mass is 10.2. The molecule has 1 atom stereocenters. The highest BCUT2D eigenvalue weighted by Crippen LogP contribution is 2.20. The zero-order valence-electron chi connectivity index (χ0n) is 15.7. The number of nitrogens with one attached hydrogen (secondary N) is 2. The molecule has 0 radical (unpaired) electrons. The maximum Gasteiger partial charge on any atom is 0.250 e. The molecule has 27 heavy (non-hydrogen) atoms. The molecule has 142 valence electrons. The number of hydrogen-bond donors (Lipinski definition) is 2. The summed E-state index contributed by atoms with van der Waals surface area (Å²) in [6.07, 6.45) is 4.14. The molecule has 0 aliphatic rings. The van der Waals surface area contributed by atoms with Crippen LogP contribution in [0.1, 0.15) is 25.8 Å². The van der Waals surface area contributed by atoms with E-state index in [1.807, 2.05) is 55.5 Å². The summed E-state index contributed by atoms with van der Waals surface area (Å²) in [6.45, 7) is 4.08. The first-order valence-electron chi connectivity index (χ1n) is 8.71. The quantitative estimate of drug-likeness (QED) is 0.547. The van der Waals surface area contributed by atoms with Crippen molar-refractivity contribution in [2.75, 3.05) is 12.4 Å². The minimum atomic E-state index is -0.328. The van der Waals surface area contributed by atoms with Crippen LogP contribution in [0.3, 0.4) is 0 Å². The van der Waals surface area contributed by atoms with E-state index < -0.39 is 0 Å². The Hall–Kier alpha value is -2.86. The monoisotopic (exact) mass is 384 g/mol. The van der Waals surface area contributed by atoms with Crippen molar-refractivity contribution in [3.05, 3.63) is 60.2 Å². The van der Waals surface area contributed by atoms with Crippen molar-refractivity contribution >= 4 is 35.0 Å². The Balaban J connectivity index is 1.92. The number of thiocarbonyl (C=S) groups is 1. The maximum atomic E-state index is 12.1. The van der Waals surface area contributed by atoms with Gasteiger partial charge in [-0.15, -0.1) is 0 Å². The fraction of sp³-hybridized carbons (Fsp3) is 0.238. The first-order valence-corrected chi connectivity index (χ1v) is 9.12. The fourth-order valence-electron chi connectivity index (χ4n) is 2.25. The highest BCUT2D eigenvalue weighted by Gasteiger charge is 2.05. The van der Waals surface area contributed by atoms with Crippen molar-refractivity contribution in [1.82, 2.24) is 5.32 Å². The molecule has 1 amide bonds. The smallest absolute Gasteiger partial charge is 0.250 e. The molecule has 0 aromatic heterocycles. The average molecular weight is 385 g/mol. The van der Waals surface area contributed by atoms with Crippen LogP contribution in [0.2, 0.25) is 0 Å². The normalized spacial score (nSPS) is 11.7. The molecular formula is C21H24N2O3S. The van der Waals surface area contributed by atoms with Crippen LogP contribution in [0.4, 0.5) is 5.69 Å². The summed E-state index contributed by atoms with van der Waals surface area (Å²) in [4.78, 5) is 12.1. The molecular weight excluding hydrogens is 360 g/mol. The van der Waals surface area contributed by atoms with E-state index in [0.29, 0.717) is 5.75 Å². The summed E-state index contributed by atoms with van der Waals surface area (Å²) < 4.78 is 11.0. The van der Waals surface area contributed by atoms with Crippen LogP contribution in [-0.2, 0) is 4.79 Å². The van der Waals surface area contributed by atoms with Crippen molar-refractivity contribution in [1.29, 1.82) is 0 Å². The van der Waals surface area contributed by atoms with Gasteiger partial charge in [0.1, 0.15) is 11.5 Å². The fourth-order valence-corrected chi connectivity index (χ4v) is 2.47. The summed E-state index contributed by atoms with van der Waals surface area (Å²) in [6, 6.07) is 14.9. The van der Waals surface area contributed by atoms with Crippen LogP contribution in [0, 0.1) is 0 Å². The van der Waals surface area contributed by atoms with E-state index in [1.54, 1.807) is 13.2 Å². The second kappa shape index (κ2) is 10.3. The van der Waals surface area contributed by atoms with Gasteiger partial charge >= 0.3 is 0 Å². The number of para-hydroxylation sites is 1. The van der Waals surface area contributed by atoms with E-state index in [9.17, 15) is 4.79 Å². The third kappa shape index (κ3) is 6.75. The van der Waals surface area contributed by atoms with Gasteiger partial charge < -0.3 is 14.8 Å². The number of carbonyl (C=O) groups excluding carboxylic acids is 1. The van der Waals surface area contributed by atoms with E-state index in [2.05, 4.69) is 17.6 Å². The molecule has 1 unspecified atom stereocenters. The van der Waals surface area contributed by atoms with Gasteiger partial charge in [0, 0.05) is 23.4 Å². The van der Waals surface area contributed by atoms with Crippen molar-refractivity contribution in [3.63, 3.8) is 0 Å². The molecule has 0 bridgehead atoms. The number of benzene rings is 2. The molecule has 5 nitrogen and oxygen atoms in total. The van der Waals surface area contributed by atoms with Gasteiger partial charge in [-0.2, -0.15) is 0 Å². The zero-order valence-corrected chi connectivity index (χ0v) is 16.5. The van der Waals surface area contributed by atoms with E-state index in [-0.39, 0.29) is 17.1 Å². The van der Waals surface area contributed by atoms with Crippen molar-refractivity contribution in [2.45, 2.75) is 26.4 Å². The Kier molecular flexibility index (Phi) is 7.82. The highest BCUT2D eigenvalue weighted by molar-refractivity contribution is 7.80. The standard InChI is InChI=1S/C21H24N2O3S/c1-4-15(2)26-18-10-7-9-17(14-18)22-21(27)23-20(24)13-12-16-8-5-6-11-19(16)25-3/h5-15H,4H2,1-3H3,(H2,22,23,24,27)/b13-12+. The van der Waals surface area contributed by atoms with Crippen LogP contribution in [0.5, 0.6) is 11.5 Å². The van der Waals surface area contributed by atoms with Crippen LogP contribution >= 0.6 is 12.2 Å². The van der Waals surface area contributed by atoms with Gasteiger partial charge in [0.05, 0.1) is 13.2 Å². The predicted octanol–water partition coefficient (Wildman–Crippen LogP) is 4.40. The van der Waals surface area contributed by atoms with Gasteiger partial charge in [0.15, 0.2) is 5.11 Å². The maximum absolute atomic E-state index is 12.1. The predicted molar refractivity (Wildman–Crippen MR) is 113 cm³/mol. The Bertz CT molecular complexity index is 821. The summed E-state index contributed by atoms with van der Waals surface area (Å²) in [5.74, 6) is 1.12. The second-order valence-corrected chi connectivity index (χ2v) is 6.29. The van der Waals surface area contributed by atoms with Gasteiger partial charge in [-0.05, 0) is 49.8 Å². The SMILES string of the molecule is CCC(C)Oc1cccc(NC(=S)NC(=O)/C=C/c2ccccc2OC)c1. The van der Waals surface area contributed by atoms with Crippen molar-refractivity contribution in [2.24, 2.45) is 0 Å². The molecule has 0 heterocycles. The van der Waals surface area contributed by atoms with Gasteiger partial charge in [0.2, 0.25) is 5.91 Å². The Morgan fingerprint density at radius 3 is 2.74 bits per heavy atom. The highest BCUT2D eigenvalue weighted by atomic mass is 32.1. The number of methoxy groups -OCH3 is 1. The Morgan fingerprint density at radius 1 is 1.22 bits per heavy atom. The van der Waals surface area contributed by atoms with E-state index in [4.69, 9.17) is 21.7 Å². The average Bonchev–Trinajstić information content (AvgIpc) is 2.66. The third-order valence-electron chi connectivity index (χ3n) is 3.79. The summed E-state index contributed by atoms with van der Waals surface area (Å²) in [5.41, 5.74) is 1.55. The summed E-state index contributed by atoms with van der Waals surface area (Å²) in [7, 11) is 1.59. The van der Waals surface area contributed by atoms with Gasteiger partial charge in [-0.1, -0.05) is 31.2 Å².